The molecule has 4 rings (SSSR count). The summed E-state index contributed by atoms with van der Waals surface area (Å²) in [5.74, 6) is -0.601. The number of aromatic nitrogens is 2. The summed E-state index contributed by atoms with van der Waals surface area (Å²) in [4.78, 5) is 14.7. The third-order valence-corrected chi connectivity index (χ3v) is 5.40. The molecule has 32 heavy (non-hydrogen) atoms. The number of nitrogens with zero attached hydrogens (tertiary/aromatic N) is 3. The predicted molar refractivity (Wildman–Crippen MR) is 111 cm³/mol. The molecule has 1 aliphatic heterocycles. The molecule has 1 aliphatic rings. The van der Waals surface area contributed by atoms with Crippen LogP contribution in [-0.2, 0) is 0 Å². The molecular formula is C20H17F3N4O4S. The number of aryl methyl sites for hydroxylation is 1. The standard InChI is InChI=1S/C20H17F3N4O4S/c1-11-25-26-19(32-11)27-13(9-28)10-30-17-15(3-2-4-16(17)27)18(29)24-12-5-7-14(8-6-12)31-20(21,22)23/h2-8,13,28H,9-10H2,1H3,(H,24,29). The van der Waals surface area contributed by atoms with Gasteiger partial charge in [-0.25, -0.2) is 0 Å². The first-order chi connectivity index (χ1) is 15.2. The Bertz CT molecular complexity index is 1120. The molecule has 2 aromatic carbocycles. The summed E-state index contributed by atoms with van der Waals surface area (Å²) in [5.41, 5.74) is 1.05. The smallest absolute Gasteiger partial charge is 0.488 e. The van der Waals surface area contributed by atoms with E-state index < -0.39 is 24.1 Å². The summed E-state index contributed by atoms with van der Waals surface area (Å²) in [5, 5.41) is 21.9. The van der Waals surface area contributed by atoms with Gasteiger partial charge in [0.25, 0.3) is 5.91 Å². The van der Waals surface area contributed by atoms with Crippen molar-refractivity contribution in [2.45, 2.75) is 19.3 Å². The molecule has 0 radical (unpaired) electrons. The summed E-state index contributed by atoms with van der Waals surface area (Å²) in [6.07, 6.45) is -4.80. The Labute approximate surface area is 184 Å². The molecule has 0 fully saturated rings. The second-order valence-electron chi connectivity index (χ2n) is 6.80. The van der Waals surface area contributed by atoms with Crippen LogP contribution in [-0.4, -0.2) is 46.8 Å². The van der Waals surface area contributed by atoms with E-state index in [1.807, 2.05) is 6.92 Å². The minimum Gasteiger partial charge on any atom is -0.488 e. The summed E-state index contributed by atoms with van der Waals surface area (Å²) < 4.78 is 46.6. The lowest BCUT2D eigenvalue weighted by atomic mass is 10.1. The van der Waals surface area contributed by atoms with Crippen LogP contribution in [0.25, 0.3) is 0 Å². The van der Waals surface area contributed by atoms with Gasteiger partial charge in [0.05, 0.1) is 23.9 Å². The maximum Gasteiger partial charge on any atom is 0.573 e. The van der Waals surface area contributed by atoms with Crippen molar-refractivity contribution in [3.8, 4) is 11.5 Å². The van der Waals surface area contributed by atoms with Gasteiger partial charge in [-0.3, -0.25) is 4.79 Å². The number of amides is 1. The largest absolute Gasteiger partial charge is 0.573 e. The number of aliphatic hydroxyl groups is 1. The van der Waals surface area contributed by atoms with Gasteiger partial charge in [0.15, 0.2) is 5.75 Å². The Morgan fingerprint density at radius 1 is 1.28 bits per heavy atom. The highest BCUT2D eigenvalue weighted by molar-refractivity contribution is 7.15. The van der Waals surface area contributed by atoms with Crippen molar-refractivity contribution in [3.05, 3.63) is 53.0 Å². The molecule has 0 spiro atoms. The quantitative estimate of drug-likeness (QED) is 0.589. The number of benzene rings is 2. The average Bonchev–Trinajstić information content (AvgIpc) is 3.18. The number of aliphatic hydroxyl groups excluding tert-OH is 1. The Morgan fingerprint density at radius 3 is 2.66 bits per heavy atom. The van der Waals surface area contributed by atoms with Crippen molar-refractivity contribution in [1.82, 2.24) is 10.2 Å². The summed E-state index contributed by atoms with van der Waals surface area (Å²) in [6, 6.07) is 9.37. The van der Waals surface area contributed by atoms with Crippen molar-refractivity contribution in [1.29, 1.82) is 0 Å². The fraction of sp³-hybridized carbons (Fsp3) is 0.250. The van der Waals surface area contributed by atoms with Crippen LogP contribution < -0.4 is 19.7 Å². The van der Waals surface area contributed by atoms with Gasteiger partial charge in [0.1, 0.15) is 17.4 Å². The zero-order valence-electron chi connectivity index (χ0n) is 16.6. The van der Waals surface area contributed by atoms with E-state index in [4.69, 9.17) is 4.74 Å². The topological polar surface area (TPSA) is 96.8 Å². The number of ether oxygens (including phenoxy) is 2. The average molecular weight is 466 g/mol. The highest BCUT2D eigenvalue weighted by Crippen LogP contribution is 2.42. The third kappa shape index (κ3) is 4.60. The Balaban J connectivity index is 1.60. The SMILES string of the molecule is Cc1nnc(N2c3cccc(C(=O)Nc4ccc(OC(F)(F)F)cc4)c3OCC2CO)s1. The number of anilines is 3. The molecule has 2 heterocycles. The summed E-state index contributed by atoms with van der Waals surface area (Å²) in [7, 11) is 0. The first-order valence-corrected chi connectivity index (χ1v) is 10.2. The van der Waals surface area contributed by atoms with E-state index in [2.05, 4.69) is 20.3 Å². The Morgan fingerprint density at radius 2 is 2.03 bits per heavy atom. The number of fused-ring (bicyclic) bond motifs is 1. The fourth-order valence-corrected chi connectivity index (χ4v) is 3.98. The molecule has 0 saturated carbocycles. The van der Waals surface area contributed by atoms with Crippen molar-refractivity contribution in [3.63, 3.8) is 0 Å². The molecule has 168 valence electrons. The van der Waals surface area contributed by atoms with Gasteiger partial charge in [-0.1, -0.05) is 17.4 Å². The monoisotopic (exact) mass is 466 g/mol. The van der Waals surface area contributed by atoms with Gasteiger partial charge in [-0.2, -0.15) is 0 Å². The molecule has 1 amide bonds. The van der Waals surface area contributed by atoms with Crippen molar-refractivity contribution in [2.75, 3.05) is 23.4 Å². The van der Waals surface area contributed by atoms with Gasteiger partial charge in [0.2, 0.25) is 5.13 Å². The van der Waals surface area contributed by atoms with E-state index in [1.165, 1.54) is 23.5 Å². The highest BCUT2D eigenvalue weighted by Gasteiger charge is 2.33. The van der Waals surface area contributed by atoms with Gasteiger partial charge in [0, 0.05) is 5.69 Å². The van der Waals surface area contributed by atoms with Crippen LogP contribution >= 0.6 is 11.3 Å². The molecule has 1 aromatic heterocycles. The first-order valence-electron chi connectivity index (χ1n) is 9.38. The molecule has 0 bridgehead atoms. The number of rotatable bonds is 5. The molecular weight excluding hydrogens is 449 g/mol. The number of carbonyl (C=O) groups is 1. The maximum atomic E-state index is 12.9. The van der Waals surface area contributed by atoms with E-state index in [9.17, 15) is 23.1 Å². The number of nitrogens with one attached hydrogen (secondary N) is 1. The number of carbonyl (C=O) groups excluding carboxylic acids is 1. The molecule has 12 heteroatoms. The van der Waals surface area contributed by atoms with Gasteiger partial charge >= 0.3 is 6.36 Å². The first kappa shape index (κ1) is 21.8. The van der Waals surface area contributed by atoms with Crippen molar-refractivity contribution >= 4 is 33.8 Å². The molecule has 1 atom stereocenters. The van der Waals surface area contributed by atoms with Crippen LogP contribution in [0.5, 0.6) is 11.5 Å². The van der Waals surface area contributed by atoms with Crippen LogP contribution in [0.4, 0.5) is 29.7 Å². The number of hydrogen-bond donors (Lipinski definition) is 2. The Kier molecular flexibility index (Phi) is 5.89. The van der Waals surface area contributed by atoms with Gasteiger partial charge < -0.3 is 24.8 Å². The Hall–Kier alpha value is -3.38. The summed E-state index contributed by atoms with van der Waals surface area (Å²) in [6.45, 7) is 1.74. The normalized spacial score (nSPS) is 15.7. The number of hydrogen-bond acceptors (Lipinski definition) is 8. The zero-order chi connectivity index (χ0) is 22.9. The van der Waals surface area contributed by atoms with E-state index >= 15 is 0 Å². The van der Waals surface area contributed by atoms with Crippen LogP contribution in [0.2, 0.25) is 0 Å². The molecule has 0 saturated heterocycles. The minimum atomic E-state index is -4.80. The van der Waals surface area contributed by atoms with E-state index in [1.54, 1.807) is 23.1 Å². The van der Waals surface area contributed by atoms with Crippen LogP contribution in [0.15, 0.2) is 42.5 Å². The minimum absolute atomic E-state index is 0.121. The van der Waals surface area contributed by atoms with Crippen LogP contribution in [0, 0.1) is 6.92 Å². The fourth-order valence-electron chi connectivity index (χ4n) is 3.21. The van der Waals surface area contributed by atoms with Crippen LogP contribution in [0.3, 0.4) is 0 Å². The molecule has 1 unspecified atom stereocenters. The molecule has 8 nitrogen and oxygen atoms in total. The van der Waals surface area contributed by atoms with Gasteiger partial charge in [-0.05, 0) is 43.3 Å². The van der Waals surface area contributed by atoms with E-state index in [0.717, 1.165) is 17.1 Å². The van der Waals surface area contributed by atoms with Crippen molar-refractivity contribution in [2.24, 2.45) is 0 Å². The number of alkyl halides is 3. The highest BCUT2D eigenvalue weighted by atomic mass is 32.1. The summed E-state index contributed by atoms with van der Waals surface area (Å²) >= 11 is 1.34. The predicted octanol–water partition coefficient (Wildman–Crippen LogP) is 3.89. The number of para-hydroxylation sites is 1. The van der Waals surface area contributed by atoms with Crippen LogP contribution in [0.1, 0.15) is 15.4 Å². The van der Waals surface area contributed by atoms with Crippen molar-refractivity contribution < 1.29 is 32.5 Å². The second kappa shape index (κ2) is 8.63. The lowest BCUT2D eigenvalue weighted by molar-refractivity contribution is -0.274. The maximum absolute atomic E-state index is 12.9. The lowest BCUT2D eigenvalue weighted by Crippen LogP contribution is -2.43. The lowest BCUT2D eigenvalue weighted by Gasteiger charge is -2.36. The zero-order valence-corrected chi connectivity index (χ0v) is 17.4. The number of halogens is 3. The third-order valence-electron chi connectivity index (χ3n) is 4.56. The molecule has 0 aliphatic carbocycles. The van der Waals surface area contributed by atoms with E-state index in [-0.39, 0.29) is 24.5 Å². The van der Waals surface area contributed by atoms with E-state index in [0.29, 0.717) is 16.6 Å². The van der Waals surface area contributed by atoms with Gasteiger partial charge in [-0.15, -0.1) is 23.4 Å². The molecule has 3 aromatic rings. The molecule has 2 N–H and O–H groups in total. The second-order valence-corrected chi connectivity index (χ2v) is 7.96.